The van der Waals surface area contributed by atoms with E-state index in [2.05, 4.69) is 10.4 Å². The largest absolute Gasteiger partial charge is 0.435 e. The maximum atomic E-state index is 12.5. The Kier molecular flexibility index (Phi) is 4.60. The molecule has 0 fully saturated rings. The Morgan fingerprint density at radius 1 is 1.42 bits per heavy atom. The van der Waals surface area contributed by atoms with Crippen LogP contribution in [-0.2, 0) is 11.0 Å². The quantitative estimate of drug-likeness (QED) is 0.919. The monoisotopic (exact) mass is 277 g/mol. The van der Waals surface area contributed by atoms with E-state index >= 15 is 0 Å². The van der Waals surface area contributed by atoms with E-state index in [1.54, 1.807) is 0 Å². The molecule has 1 heterocycles. The van der Waals surface area contributed by atoms with Crippen LogP contribution in [0.4, 0.5) is 13.2 Å². The van der Waals surface area contributed by atoms with Gasteiger partial charge >= 0.3 is 6.18 Å². The Morgan fingerprint density at radius 3 is 2.42 bits per heavy atom. The molecule has 0 saturated carbocycles. The lowest BCUT2D eigenvalue weighted by molar-refractivity contribution is -0.142. The summed E-state index contributed by atoms with van der Waals surface area (Å²) >= 11 is 0. The molecule has 1 aromatic heterocycles. The number of hydrogen-bond donors (Lipinski definition) is 1. The van der Waals surface area contributed by atoms with Gasteiger partial charge in [0.2, 0.25) is 5.91 Å². The van der Waals surface area contributed by atoms with Crippen LogP contribution in [0.25, 0.3) is 0 Å². The lowest BCUT2D eigenvalue weighted by atomic mass is 10.2. The summed E-state index contributed by atoms with van der Waals surface area (Å²) in [5.74, 6) is -0.0609. The van der Waals surface area contributed by atoms with Crippen molar-refractivity contribution in [1.82, 2.24) is 15.1 Å². The molecule has 19 heavy (non-hydrogen) atoms. The van der Waals surface area contributed by atoms with Crippen LogP contribution in [0.1, 0.15) is 38.2 Å². The molecule has 1 N–H and O–H groups in total. The van der Waals surface area contributed by atoms with Crippen molar-refractivity contribution in [3.63, 3.8) is 0 Å². The molecule has 1 aromatic rings. The first-order chi connectivity index (χ1) is 8.62. The molecule has 0 aliphatic heterocycles. The summed E-state index contributed by atoms with van der Waals surface area (Å²) in [4.78, 5) is 11.8. The molecule has 0 aliphatic carbocycles. The minimum atomic E-state index is -4.50. The van der Waals surface area contributed by atoms with Crippen LogP contribution in [0.3, 0.4) is 0 Å². The van der Waals surface area contributed by atoms with Crippen molar-refractivity contribution in [3.05, 3.63) is 17.5 Å². The van der Waals surface area contributed by atoms with Crippen molar-refractivity contribution in [2.24, 2.45) is 5.92 Å². The fraction of sp³-hybridized carbons (Fsp3) is 0.667. The molecule has 1 unspecified atom stereocenters. The van der Waals surface area contributed by atoms with E-state index in [0.29, 0.717) is 12.2 Å². The third-order valence-electron chi connectivity index (χ3n) is 2.64. The summed E-state index contributed by atoms with van der Waals surface area (Å²) in [6.07, 6.45) is -4.50. The van der Waals surface area contributed by atoms with Gasteiger partial charge in [-0.2, -0.15) is 18.3 Å². The van der Waals surface area contributed by atoms with Gasteiger partial charge in [-0.3, -0.25) is 9.48 Å². The number of hydrogen-bond acceptors (Lipinski definition) is 2. The number of nitrogens with one attached hydrogen (secondary N) is 1. The van der Waals surface area contributed by atoms with Crippen LogP contribution in [0.5, 0.6) is 0 Å². The normalized spacial score (nSPS) is 13.7. The van der Waals surface area contributed by atoms with Crippen LogP contribution in [0, 0.1) is 12.8 Å². The van der Waals surface area contributed by atoms with E-state index in [4.69, 9.17) is 0 Å². The Bertz CT molecular complexity index is 452. The van der Waals surface area contributed by atoms with E-state index in [1.807, 2.05) is 13.8 Å². The Labute approximate surface area is 110 Å². The van der Waals surface area contributed by atoms with Crippen molar-refractivity contribution in [3.8, 4) is 0 Å². The number of rotatable bonds is 4. The summed E-state index contributed by atoms with van der Waals surface area (Å²) < 4.78 is 38.7. The van der Waals surface area contributed by atoms with E-state index in [-0.39, 0.29) is 11.8 Å². The molecule has 7 heteroatoms. The number of carbonyl (C=O) groups is 1. The van der Waals surface area contributed by atoms with Crippen LogP contribution in [0.15, 0.2) is 6.07 Å². The zero-order valence-electron chi connectivity index (χ0n) is 11.4. The molecule has 0 saturated heterocycles. The third kappa shape index (κ3) is 3.97. The summed E-state index contributed by atoms with van der Waals surface area (Å²) in [7, 11) is 0. The maximum Gasteiger partial charge on any atom is 0.435 e. The number of alkyl halides is 3. The minimum Gasteiger partial charge on any atom is -0.354 e. The second kappa shape index (κ2) is 5.63. The molecular formula is C12H18F3N3O. The lowest BCUT2D eigenvalue weighted by Gasteiger charge is -2.15. The van der Waals surface area contributed by atoms with Crippen LogP contribution >= 0.6 is 0 Å². The van der Waals surface area contributed by atoms with E-state index < -0.39 is 17.9 Å². The van der Waals surface area contributed by atoms with Gasteiger partial charge in [0.1, 0.15) is 6.04 Å². The average molecular weight is 277 g/mol. The van der Waals surface area contributed by atoms with Gasteiger partial charge < -0.3 is 5.32 Å². The molecule has 0 radical (unpaired) electrons. The van der Waals surface area contributed by atoms with Gasteiger partial charge in [-0.15, -0.1) is 0 Å². The van der Waals surface area contributed by atoms with Crippen LogP contribution in [-0.4, -0.2) is 22.2 Å². The summed E-state index contributed by atoms with van der Waals surface area (Å²) in [6.45, 7) is 7.37. The Hall–Kier alpha value is -1.53. The van der Waals surface area contributed by atoms with Gasteiger partial charge in [0.05, 0.1) is 0 Å². The second-order valence-electron chi connectivity index (χ2n) is 4.93. The highest BCUT2D eigenvalue weighted by Crippen LogP contribution is 2.29. The van der Waals surface area contributed by atoms with Crippen LogP contribution in [0.2, 0.25) is 0 Å². The maximum absolute atomic E-state index is 12.5. The SMILES string of the molecule is Cc1cc(C(F)(F)F)nn1C(C)C(=O)NCC(C)C. The first-order valence-electron chi connectivity index (χ1n) is 6.04. The number of halogens is 3. The second-order valence-corrected chi connectivity index (χ2v) is 4.93. The molecule has 4 nitrogen and oxygen atoms in total. The predicted octanol–water partition coefficient (Wildman–Crippen LogP) is 2.54. The molecule has 0 bridgehead atoms. The molecule has 108 valence electrons. The van der Waals surface area contributed by atoms with Crippen molar-refractivity contribution >= 4 is 5.91 Å². The molecule has 0 spiro atoms. The molecular weight excluding hydrogens is 259 g/mol. The molecule has 0 aromatic carbocycles. The topological polar surface area (TPSA) is 46.9 Å². The van der Waals surface area contributed by atoms with E-state index in [0.717, 1.165) is 10.7 Å². The van der Waals surface area contributed by atoms with Gasteiger partial charge in [0, 0.05) is 12.2 Å². The van der Waals surface area contributed by atoms with Gasteiger partial charge in [-0.1, -0.05) is 13.8 Å². The molecule has 1 atom stereocenters. The first kappa shape index (κ1) is 15.5. The number of aryl methyl sites for hydroxylation is 1. The first-order valence-corrected chi connectivity index (χ1v) is 6.04. The fourth-order valence-corrected chi connectivity index (χ4v) is 1.58. The van der Waals surface area contributed by atoms with Gasteiger partial charge in [0.15, 0.2) is 5.69 Å². The highest BCUT2D eigenvalue weighted by atomic mass is 19.4. The summed E-state index contributed by atoms with van der Waals surface area (Å²) in [5, 5.41) is 6.13. The van der Waals surface area contributed by atoms with Crippen molar-refractivity contribution in [2.45, 2.75) is 39.9 Å². The molecule has 0 aliphatic rings. The summed E-state index contributed by atoms with van der Waals surface area (Å²) in [5.41, 5.74) is -0.673. The van der Waals surface area contributed by atoms with Gasteiger partial charge in [0.25, 0.3) is 0 Å². The van der Waals surface area contributed by atoms with Crippen molar-refractivity contribution in [2.75, 3.05) is 6.54 Å². The van der Waals surface area contributed by atoms with E-state index in [1.165, 1.54) is 13.8 Å². The van der Waals surface area contributed by atoms with Crippen LogP contribution < -0.4 is 5.32 Å². The zero-order valence-corrected chi connectivity index (χ0v) is 11.4. The lowest BCUT2D eigenvalue weighted by Crippen LogP contribution is -2.34. The number of carbonyl (C=O) groups excluding carboxylic acids is 1. The van der Waals surface area contributed by atoms with Crippen molar-refractivity contribution < 1.29 is 18.0 Å². The van der Waals surface area contributed by atoms with Gasteiger partial charge in [-0.25, -0.2) is 0 Å². The number of amides is 1. The standard InChI is InChI=1S/C12H18F3N3O/c1-7(2)6-16-11(19)9(4)18-8(3)5-10(17-18)12(13,14)15/h5,7,9H,6H2,1-4H3,(H,16,19). The highest BCUT2D eigenvalue weighted by Gasteiger charge is 2.35. The average Bonchev–Trinajstić information content (AvgIpc) is 2.66. The van der Waals surface area contributed by atoms with Gasteiger partial charge in [-0.05, 0) is 25.8 Å². The number of aromatic nitrogens is 2. The smallest absolute Gasteiger partial charge is 0.354 e. The fourth-order valence-electron chi connectivity index (χ4n) is 1.58. The Balaban J connectivity index is 2.85. The third-order valence-corrected chi connectivity index (χ3v) is 2.64. The molecule has 1 rings (SSSR count). The van der Waals surface area contributed by atoms with Crippen molar-refractivity contribution in [1.29, 1.82) is 0 Å². The summed E-state index contributed by atoms with van der Waals surface area (Å²) in [6, 6.07) is 0.168. The minimum absolute atomic E-state index is 0.278. The highest BCUT2D eigenvalue weighted by molar-refractivity contribution is 5.79. The zero-order chi connectivity index (χ0) is 14.8. The Morgan fingerprint density at radius 2 is 2.00 bits per heavy atom. The predicted molar refractivity (Wildman–Crippen MR) is 64.5 cm³/mol. The molecule has 1 amide bonds. The number of nitrogens with zero attached hydrogens (tertiary/aromatic N) is 2. The van der Waals surface area contributed by atoms with E-state index in [9.17, 15) is 18.0 Å².